The minimum Gasteiger partial charge on any atom is -0.326 e. The van der Waals surface area contributed by atoms with Crippen LogP contribution in [0.2, 0.25) is 0 Å². The van der Waals surface area contributed by atoms with Gasteiger partial charge in [0, 0.05) is 37.7 Å². The van der Waals surface area contributed by atoms with Crippen LogP contribution in [-0.2, 0) is 27.8 Å². The molecule has 1 N–H and O–H groups in total. The average molecular weight is 498 g/mol. The molecular weight excluding hydrogens is 469 g/mol. The topological polar surface area (TPSA) is 97.2 Å². The van der Waals surface area contributed by atoms with Crippen molar-refractivity contribution in [2.24, 2.45) is 5.92 Å². The molecule has 184 valence electrons. The van der Waals surface area contributed by atoms with Crippen LogP contribution in [0.15, 0.2) is 53.4 Å². The zero-order valence-electron chi connectivity index (χ0n) is 19.4. The molecule has 3 heterocycles. The molecule has 1 aromatic heterocycles. The van der Waals surface area contributed by atoms with Gasteiger partial charge in [-0.05, 0) is 56.0 Å². The molecule has 5 rings (SSSR count). The number of nitrogens with zero attached hydrogens (tertiary/aromatic N) is 4. The first-order valence-corrected chi connectivity index (χ1v) is 13.5. The second kappa shape index (κ2) is 9.87. The molecule has 10 heteroatoms. The number of halogens is 1. The van der Waals surface area contributed by atoms with Crippen LogP contribution in [0.3, 0.4) is 0 Å². The van der Waals surface area contributed by atoms with E-state index in [0.29, 0.717) is 29.9 Å². The lowest BCUT2D eigenvalue weighted by Crippen LogP contribution is -2.41. The summed E-state index contributed by atoms with van der Waals surface area (Å²) in [6, 6.07) is 12.8. The number of amides is 1. The number of benzene rings is 2. The number of fused-ring (bicyclic) bond motifs is 1. The fourth-order valence-electron chi connectivity index (χ4n) is 4.80. The lowest BCUT2D eigenvalue weighted by Gasteiger charge is -2.30. The summed E-state index contributed by atoms with van der Waals surface area (Å²) in [7, 11) is -3.57. The number of carbonyl (C=O) groups excluding carboxylic acids is 1. The van der Waals surface area contributed by atoms with Gasteiger partial charge in [0.05, 0.1) is 10.5 Å². The van der Waals surface area contributed by atoms with Crippen LogP contribution in [0.4, 0.5) is 10.1 Å². The number of carbonyl (C=O) groups is 1. The molecule has 0 bridgehead atoms. The maximum absolute atomic E-state index is 14.7. The molecule has 0 spiro atoms. The zero-order chi connectivity index (χ0) is 24.4. The van der Waals surface area contributed by atoms with E-state index in [9.17, 15) is 17.6 Å². The van der Waals surface area contributed by atoms with Crippen LogP contribution >= 0.6 is 0 Å². The van der Waals surface area contributed by atoms with Crippen molar-refractivity contribution in [2.45, 2.75) is 50.0 Å². The quantitative estimate of drug-likeness (QED) is 0.578. The first kappa shape index (κ1) is 23.6. The van der Waals surface area contributed by atoms with E-state index in [-0.39, 0.29) is 29.8 Å². The van der Waals surface area contributed by atoms with Crippen molar-refractivity contribution in [3.05, 3.63) is 60.2 Å². The van der Waals surface area contributed by atoms with E-state index in [2.05, 4.69) is 15.5 Å². The highest BCUT2D eigenvalue weighted by Crippen LogP contribution is 2.29. The first-order chi connectivity index (χ1) is 16.9. The molecule has 2 aromatic carbocycles. The van der Waals surface area contributed by atoms with E-state index in [1.807, 2.05) is 4.57 Å². The molecule has 0 aliphatic carbocycles. The molecule has 0 saturated carbocycles. The van der Waals surface area contributed by atoms with Crippen molar-refractivity contribution < 1.29 is 17.6 Å². The molecule has 0 radical (unpaired) electrons. The van der Waals surface area contributed by atoms with Crippen LogP contribution in [-0.4, -0.2) is 46.5 Å². The smallest absolute Gasteiger partial charge is 0.243 e. The predicted molar refractivity (Wildman–Crippen MR) is 130 cm³/mol. The van der Waals surface area contributed by atoms with Gasteiger partial charge in [-0.2, -0.15) is 4.31 Å². The van der Waals surface area contributed by atoms with Crippen LogP contribution in [0.1, 0.15) is 37.9 Å². The van der Waals surface area contributed by atoms with Gasteiger partial charge in [0.1, 0.15) is 11.6 Å². The molecule has 0 atom stereocenters. The predicted octanol–water partition coefficient (Wildman–Crippen LogP) is 3.85. The molecule has 2 aliphatic rings. The van der Waals surface area contributed by atoms with Gasteiger partial charge >= 0.3 is 0 Å². The Morgan fingerprint density at radius 2 is 1.74 bits per heavy atom. The minimum absolute atomic E-state index is 0.195. The Hall–Kier alpha value is -3.11. The average Bonchev–Trinajstić information content (AvgIpc) is 3.13. The standard InChI is InChI=1S/C25H28FN5O3S/c26-22-11-10-19(17-21(22)24-29-28-23-9-5-2-6-14-31(23)24)27-25(32)18-12-15-30(16-13-18)35(33,34)20-7-3-1-4-8-20/h1,3-4,7-8,10-11,17-18H,2,5-6,9,12-16H2,(H,27,32). The van der Waals surface area contributed by atoms with Crippen LogP contribution < -0.4 is 5.32 Å². The van der Waals surface area contributed by atoms with Crippen molar-refractivity contribution >= 4 is 21.6 Å². The fraction of sp³-hybridized carbons (Fsp3) is 0.400. The van der Waals surface area contributed by atoms with E-state index >= 15 is 0 Å². The third kappa shape index (κ3) is 4.85. The number of aromatic nitrogens is 3. The number of piperidine rings is 1. The third-order valence-electron chi connectivity index (χ3n) is 6.79. The maximum atomic E-state index is 14.7. The lowest BCUT2D eigenvalue weighted by molar-refractivity contribution is -0.120. The molecule has 1 saturated heterocycles. The molecule has 1 fully saturated rings. The van der Waals surface area contributed by atoms with Gasteiger partial charge in [-0.1, -0.05) is 24.6 Å². The van der Waals surface area contributed by atoms with Crippen molar-refractivity contribution in [1.82, 2.24) is 19.1 Å². The van der Waals surface area contributed by atoms with E-state index in [1.165, 1.54) is 16.4 Å². The SMILES string of the molecule is O=C(Nc1ccc(F)c(-c2nnc3n2CCCCC3)c1)C1CCN(S(=O)(=O)c2ccccc2)CC1. The summed E-state index contributed by atoms with van der Waals surface area (Å²) in [5.74, 6) is 0.412. The Labute approximate surface area is 204 Å². The second-order valence-electron chi connectivity index (χ2n) is 9.08. The summed E-state index contributed by atoms with van der Waals surface area (Å²) < 4.78 is 43.8. The van der Waals surface area contributed by atoms with Crippen molar-refractivity contribution in [3.8, 4) is 11.4 Å². The van der Waals surface area contributed by atoms with Gasteiger partial charge in [-0.3, -0.25) is 4.79 Å². The number of sulfonamides is 1. The van der Waals surface area contributed by atoms with Gasteiger partial charge in [0.2, 0.25) is 15.9 Å². The maximum Gasteiger partial charge on any atom is 0.243 e. The Bertz CT molecular complexity index is 1320. The molecule has 2 aliphatic heterocycles. The van der Waals surface area contributed by atoms with E-state index < -0.39 is 15.8 Å². The molecule has 3 aromatic rings. The van der Waals surface area contributed by atoms with Gasteiger partial charge in [0.15, 0.2) is 5.82 Å². The number of anilines is 1. The summed E-state index contributed by atoms with van der Waals surface area (Å²) in [6.07, 6.45) is 4.81. The number of hydrogen-bond donors (Lipinski definition) is 1. The molecular formula is C25H28FN5O3S. The number of aryl methyl sites for hydroxylation is 1. The van der Waals surface area contributed by atoms with Crippen LogP contribution in [0.25, 0.3) is 11.4 Å². The fourth-order valence-corrected chi connectivity index (χ4v) is 6.29. The van der Waals surface area contributed by atoms with Crippen LogP contribution in [0, 0.1) is 11.7 Å². The summed E-state index contributed by atoms with van der Waals surface area (Å²) >= 11 is 0. The van der Waals surface area contributed by atoms with Crippen LogP contribution in [0.5, 0.6) is 0 Å². The highest BCUT2D eigenvalue weighted by Gasteiger charge is 2.32. The molecule has 35 heavy (non-hydrogen) atoms. The zero-order valence-corrected chi connectivity index (χ0v) is 20.2. The highest BCUT2D eigenvalue weighted by molar-refractivity contribution is 7.89. The molecule has 1 amide bonds. The van der Waals surface area contributed by atoms with Crippen molar-refractivity contribution in [2.75, 3.05) is 18.4 Å². The summed E-state index contributed by atoms with van der Waals surface area (Å²) in [5, 5.41) is 11.4. The van der Waals surface area contributed by atoms with Gasteiger partial charge in [-0.25, -0.2) is 12.8 Å². The van der Waals surface area contributed by atoms with Gasteiger partial charge in [0.25, 0.3) is 0 Å². The second-order valence-corrected chi connectivity index (χ2v) is 11.0. The largest absolute Gasteiger partial charge is 0.326 e. The van der Waals surface area contributed by atoms with E-state index in [0.717, 1.165) is 38.1 Å². The molecule has 0 unspecified atom stereocenters. The Morgan fingerprint density at radius 3 is 2.51 bits per heavy atom. The number of nitrogens with one attached hydrogen (secondary N) is 1. The molecule has 8 nitrogen and oxygen atoms in total. The monoisotopic (exact) mass is 497 g/mol. The first-order valence-electron chi connectivity index (χ1n) is 12.0. The third-order valence-corrected chi connectivity index (χ3v) is 8.70. The van der Waals surface area contributed by atoms with Gasteiger partial charge < -0.3 is 9.88 Å². The van der Waals surface area contributed by atoms with E-state index in [4.69, 9.17) is 0 Å². The van der Waals surface area contributed by atoms with Crippen molar-refractivity contribution in [1.29, 1.82) is 0 Å². The highest BCUT2D eigenvalue weighted by atomic mass is 32.2. The Morgan fingerprint density at radius 1 is 0.971 bits per heavy atom. The Balaban J connectivity index is 1.26. The van der Waals surface area contributed by atoms with Gasteiger partial charge in [-0.15, -0.1) is 10.2 Å². The lowest BCUT2D eigenvalue weighted by atomic mass is 9.97. The normalized spacial score (nSPS) is 17.5. The summed E-state index contributed by atoms with van der Waals surface area (Å²) in [6.45, 7) is 1.30. The minimum atomic E-state index is -3.57. The summed E-state index contributed by atoms with van der Waals surface area (Å²) in [5.41, 5.74) is 0.795. The number of rotatable bonds is 5. The van der Waals surface area contributed by atoms with E-state index in [1.54, 1.807) is 36.4 Å². The Kier molecular flexibility index (Phi) is 6.66. The number of hydrogen-bond acceptors (Lipinski definition) is 5. The summed E-state index contributed by atoms with van der Waals surface area (Å²) in [4.78, 5) is 13.2. The van der Waals surface area contributed by atoms with Crippen molar-refractivity contribution in [3.63, 3.8) is 0 Å².